The second-order valence-corrected chi connectivity index (χ2v) is 14.7. The molecule has 0 aliphatic heterocycles. The number of hydrogen-bond acceptors (Lipinski definition) is 22. The van der Waals surface area contributed by atoms with Gasteiger partial charge in [-0.15, -0.1) is 0 Å². The zero-order valence-corrected chi connectivity index (χ0v) is 38.7. The van der Waals surface area contributed by atoms with E-state index in [9.17, 15) is 57.8 Å². The number of aliphatic carboxylic acids is 10. The summed E-state index contributed by atoms with van der Waals surface area (Å²) in [5.41, 5.74) is 33.7. The van der Waals surface area contributed by atoms with Gasteiger partial charge in [-0.05, 0) is 56.4 Å². The lowest BCUT2D eigenvalue weighted by molar-refractivity contribution is -0.142. The first-order valence-electron chi connectivity index (χ1n) is 20.7. The lowest BCUT2D eigenvalue weighted by Crippen LogP contribution is -2.41. The second-order valence-electron chi connectivity index (χ2n) is 14.7. The maximum Gasteiger partial charge on any atom is 0.326 e. The molecule has 33 heteroatoms. The number of nitrogens with two attached hydrogens (primary N) is 6. The molecule has 1 aromatic carbocycles. The fourth-order valence-electron chi connectivity index (χ4n) is 4.64. The van der Waals surface area contributed by atoms with Crippen LogP contribution >= 0.6 is 0 Å². The number of nitrogen functional groups attached to an aromatic ring is 2. The van der Waals surface area contributed by atoms with Crippen LogP contribution in [0.4, 0.5) is 17.5 Å². The lowest BCUT2D eigenvalue weighted by Gasteiger charge is -2.19. The smallest absolute Gasteiger partial charge is 0.326 e. The van der Waals surface area contributed by atoms with Crippen molar-refractivity contribution in [2.75, 3.05) is 23.4 Å². The number of fused-ring (bicyclic) bond motifs is 1. The standard InChI is InChI=1S/C20H22N8O5.4C5H9NO4/c1-28(9-11-8-23-17-15(24-11)16(21)26-20(22)27-17)12-4-2-10(3-5-12)18(31)25-13(19(32)33)6-7-14(29)30;4*6-3(5(9)10)1-2-4(7)8/h2-5,8,13H,6-7,9H2,1H3,(H,25,31)(H,29,30)(H,32,33)(H4,21,22,23,26,27);4*3H,1-2,6H2,(H,7,8)(H,9,10)/t13-;;;;/m0..../s1. The number of hydrogen-bond donors (Lipinski definition) is 17. The molecule has 23 N–H and O–H groups in total. The second kappa shape index (κ2) is 34.4. The van der Waals surface area contributed by atoms with Crippen molar-refractivity contribution in [1.29, 1.82) is 0 Å². The molecule has 5 atom stereocenters. The van der Waals surface area contributed by atoms with Gasteiger partial charge in [0.2, 0.25) is 5.95 Å². The zero-order valence-electron chi connectivity index (χ0n) is 38.7. The van der Waals surface area contributed by atoms with Crippen LogP contribution in [-0.4, -0.2) is 174 Å². The molecule has 0 radical (unpaired) electrons. The number of benzene rings is 1. The molecular weight excluding hydrogens is 985 g/mol. The fourth-order valence-corrected chi connectivity index (χ4v) is 4.64. The van der Waals surface area contributed by atoms with Crippen LogP contribution in [0.25, 0.3) is 11.2 Å². The van der Waals surface area contributed by atoms with Crippen molar-refractivity contribution in [2.24, 2.45) is 22.9 Å². The number of nitrogens with one attached hydrogen (secondary N) is 1. The molecule has 1 amide bonds. The number of nitrogens with zero attached hydrogens (tertiary/aromatic N) is 5. The average Bonchev–Trinajstić information content (AvgIpc) is 3.30. The van der Waals surface area contributed by atoms with Crippen LogP contribution in [0.5, 0.6) is 0 Å². The highest BCUT2D eigenvalue weighted by Crippen LogP contribution is 2.19. The molecule has 2 heterocycles. The van der Waals surface area contributed by atoms with Gasteiger partial charge in [0, 0.05) is 50.4 Å². The molecule has 73 heavy (non-hydrogen) atoms. The van der Waals surface area contributed by atoms with Gasteiger partial charge in [0.05, 0.1) is 18.4 Å². The van der Waals surface area contributed by atoms with Gasteiger partial charge in [-0.2, -0.15) is 9.97 Å². The average molecular weight is 1040 g/mol. The Hall–Kier alpha value is -8.95. The highest BCUT2D eigenvalue weighted by molar-refractivity contribution is 5.97. The Bertz CT molecular complexity index is 2240. The van der Waals surface area contributed by atoms with Gasteiger partial charge in [0.25, 0.3) is 5.91 Å². The molecule has 0 saturated heterocycles. The van der Waals surface area contributed by atoms with E-state index in [1.54, 1.807) is 18.3 Å². The number of amides is 1. The molecule has 0 fully saturated rings. The maximum absolute atomic E-state index is 12.4. The number of carboxylic acids is 10. The van der Waals surface area contributed by atoms with Crippen LogP contribution in [0, 0.1) is 0 Å². The molecule has 0 spiro atoms. The van der Waals surface area contributed by atoms with Crippen molar-refractivity contribution >= 4 is 94.2 Å². The summed E-state index contributed by atoms with van der Waals surface area (Å²) in [4.78, 5) is 132. The minimum atomic E-state index is -1.30. The van der Waals surface area contributed by atoms with E-state index in [4.69, 9.17) is 80.4 Å². The minimum Gasteiger partial charge on any atom is -0.481 e. The molecule has 404 valence electrons. The summed E-state index contributed by atoms with van der Waals surface area (Å²) in [6.07, 6.45) is 0.0677. The Morgan fingerprint density at radius 2 is 0.877 bits per heavy atom. The summed E-state index contributed by atoms with van der Waals surface area (Å²) < 4.78 is 0. The summed E-state index contributed by atoms with van der Waals surface area (Å²) in [5, 5.41) is 85.3. The van der Waals surface area contributed by atoms with Crippen LogP contribution in [-0.2, 0) is 54.5 Å². The largest absolute Gasteiger partial charge is 0.481 e. The molecule has 4 unspecified atom stereocenters. The van der Waals surface area contributed by atoms with Crippen molar-refractivity contribution in [3.63, 3.8) is 0 Å². The van der Waals surface area contributed by atoms with Gasteiger partial charge < -0.3 is 95.7 Å². The monoisotopic (exact) mass is 1040 g/mol. The van der Waals surface area contributed by atoms with E-state index in [1.807, 2.05) is 11.9 Å². The van der Waals surface area contributed by atoms with Crippen LogP contribution in [0.1, 0.15) is 80.3 Å². The fraction of sp³-hybridized carbons (Fsp3) is 0.425. The first-order chi connectivity index (χ1) is 33.8. The van der Waals surface area contributed by atoms with Crippen molar-refractivity contribution < 1.29 is 104 Å². The third-order valence-corrected chi connectivity index (χ3v) is 8.67. The molecule has 0 bridgehead atoms. The van der Waals surface area contributed by atoms with Crippen LogP contribution in [0.3, 0.4) is 0 Å². The number of aromatic nitrogens is 4. The van der Waals surface area contributed by atoms with E-state index < -0.39 is 95.8 Å². The first-order valence-corrected chi connectivity index (χ1v) is 20.7. The molecule has 0 saturated carbocycles. The molecular formula is C40H58N12O21. The minimum absolute atomic E-state index is 0.0138. The quantitative estimate of drug-likeness (QED) is 0.0411. The topological polar surface area (TPSA) is 613 Å². The van der Waals surface area contributed by atoms with E-state index in [1.165, 1.54) is 12.1 Å². The van der Waals surface area contributed by atoms with Crippen molar-refractivity contribution in [1.82, 2.24) is 25.3 Å². The SMILES string of the molecule is CN(Cc1cnc2nc(N)nc(N)c2n1)c1ccc(C(=O)N[C@@H](CCC(=O)O)C(=O)O)cc1.NC(CCC(=O)O)C(=O)O.NC(CCC(=O)O)C(=O)O.NC(CCC(=O)O)C(=O)O.NC(CCC(=O)O)C(=O)O. The van der Waals surface area contributed by atoms with Crippen molar-refractivity contribution in [3.8, 4) is 0 Å². The number of carboxylic acid groups (broad SMARTS) is 10. The normalized spacial score (nSPS) is 12.1. The van der Waals surface area contributed by atoms with Gasteiger partial charge in [-0.1, -0.05) is 0 Å². The molecule has 33 nitrogen and oxygen atoms in total. The summed E-state index contributed by atoms with van der Waals surface area (Å²) in [6.45, 7) is 0.370. The molecule has 0 aliphatic rings. The zero-order chi connectivity index (χ0) is 56.7. The van der Waals surface area contributed by atoms with E-state index in [-0.39, 0.29) is 81.5 Å². The van der Waals surface area contributed by atoms with E-state index in [0.717, 1.165) is 5.69 Å². The van der Waals surface area contributed by atoms with Gasteiger partial charge >= 0.3 is 59.7 Å². The van der Waals surface area contributed by atoms with Gasteiger partial charge in [-0.3, -0.25) is 47.9 Å². The van der Waals surface area contributed by atoms with Crippen LogP contribution in [0.15, 0.2) is 30.5 Å². The van der Waals surface area contributed by atoms with Crippen LogP contribution in [0.2, 0.25) is 0 Å². The van der Waals surface area contributed by atoms with Crippen molar-refractivity contribution in [2.45, 2.75) is 101 Å². The summed E-state index contributed by atoms with van der Waals surface area (Å²) in [6, 6.07) is 0.924. The lowest BCUT2D eigenvalue weighted by atomic mass is 10.1. The third-order valence-electron chi connectivity index (χ3n) is 8.67. The highest BCUT2D eigenvalue weighted by Gasteiger charge is 2.22. The first kappa shape index (κ1) is 66.1. The number of rotatable bonds is 25. The van der Waals surface area contributed by atoms with E-state index >= 15 is 0 Å². The maximum atomic E-state index is 12.4. The number of carbonyl (C=O) groups excluding carboxylic acids is 1. The Labute approximate surface area is 411 Å². The summed E-state index contributed by atoms with van der Waals surface area (Å²) in [7, 11) is 1.82. The molecule has 3 aromatic rings. The van der Waals surface area contributed by atoms with Gasteiger partial charge in [0.15, 0.2) is 17.0 Å². The molecule has 2 aromatic heterocycles. The number of carbonyl (C=O) groups is 11. The summed E-state index contributed by atoms with van der Waals surface area (Å²) in [5.74, 6) is -11.7. The Morgan fingerprint density at radius 3 is 1.21 bits per heavy atom. The van der Waals surface area contributed by atoms with E-state index in [2.05, 4.69) is 25.3 Å². The van der Waals surface area contributed by atoms with E-state index in [0.29, 0.717) is 23.4 Å². The highest BCUT2D eigenvalue weighted by atomic mass is 16.4. The Morgan fingerprint density at radius 1 is 0.521 bits per heavy atom. The predicted octanol–water partition coefficient (Wildman–Crippen LogP) is -2.68. The molecule has 0 aliphatic carbocycles. The van der Waals surface area contributed by atoms with Crippen LogP contribution < -0.4 is 44.6 Å². The third kappa shape index (κ3) is 31.0. The molecule has 3 rings (SSSR count). The summed E-state index contributed by atoms with van der Waals surface area (Å²) >= 11 is 0. The Balaban J connectivity index is 0. The van der Waals surface area contributed by atoms with Gasteiger partial charge in [-0.25, -0.2) is 14.8 Å². The Kier molecular flexibility index (Phi) is 31.1. The predicted molar refractivity (Wildman–Crippen MR) is 248 cm³/mol. The number of anilines is 3. The van der Waals surface area contributed by atoms with Crippen molar-refractivity contribution in [3.05, 3.63) is 41.7 Å². The van der Waals surface area contributed by atoms with Gasteiger partial charge in [0.1, 0.15) is 30.2 Å².